The molecule has 4 nitrogen and oxygen atoms in total. The molecule has 98 valence electrons. The maximum absolute atomic E-state index is 12.1. The number of carbonyl (C=O) groups excluding carboxylic acids is 1. The van der Waals surface area contributed by atoms with Gasteiger partial charge in [0.1, 0.15) is 0 Å². The zero-order valence-electron chi connectivity index (χ0n) is 11.1. The van der Waals surface area contributed by atoms with Gasteiger partial charge >= 0.3 is 0 Å². The first-order valence-corrected chi connectivity index (χ1v) is 6.66. The number of rotatable bonds is 2. The summed E-state index contributed by atoms with van der Waals surface area (Å²) in [5.74, 6) is 0.353. The fourth-order valence-electron chi connectivity index (χ4n) is 2.88. The number of carbonyl (C=O) groups is 1. The standard InChI is InChI=1S/C13H24N2O2/c1-9-11(4-6-14-9)12(16)15-10-5-7-17-13(2,3)8-10/h9-11,14H,4-8H2,1-3H3,(H,15,16). The van der Waals surface area contributed by atoms with Gasteiger partial charge in [0.05, 0.1) is 11.5 Å². The molecule has 2 aliphatic rings. The second kappa shape index (κ2) is 4.94. The van der Waals surface area contributed by atoms with Crippen LogP contribution >= 0.6 is 0 Å². The number of amides is 1. The highest BCUT2D eigenvalue weighted by atomic mass is 16.5. The lowest BCUT2D eigenvalue weighted by Crippen LogP contribution is -2.48. The van der Waals surface area contributed by atoms with Gasteiger partial charge in [0.2, 0.25) is 5.91 Å². The van der Waals surface area contributed by atoms with Gasteiger partial charge in [0, 0.05) is 18.7 Å². The smallest absolute Gasteiger partial charge is 0.224 e. The molecule has 2 saturated heterocycles. The summed E-state index contributed by atoms with van der Waals surface area (Å²) in [6, 6.07) is 0.585. The Hall–Kier alpha value is -0.610. The molecule has 0 bridgehead atoms. The molecule has 0 aromatic rings. The van der Waals surface area contributed by atoms with Gasteiger partial charge in [-0.1, -0.05) is 0 Å². The van der Waals surface area contributed by atoms with E-state index in [4.69, 9.17) is 4.74 Å². The predicted molar refractivity (Wildman–Crippen MR) is 66.8 cm³/mol. The molecule has 2 heterocycles. The summed E-state index contributed by atoms with van der Waals surface area (Å²) in [5, 5.41) is 6.51. The molecule has 0 saturated carbocycles. The predicted octanol–water partition coefficient (Wildman–Crippen LogP) is 1.06. The van der Waals surface area contributed by atoms with E-state index in [1.54, 1.807) is 0 Å². The van der Waals surface area contributed by atoms with E-state index in [0.29, 0.717) is 6.04 Å². The molecule has 2 rings (SSSR count). The zero-order chi connectivity index (χ0) is 12.5. The van der Waals surface area contributed by atoms with Crippen LogP contribution < -0.4 is 10.6 Å². The van der Waals surface area contributed by atoms with Crippen LogP contribution in [-0.4, -0.2) is 36.7 Å². The minimum atomic E-state index is -0.101. The third-order valence-corrected chi connectivity index (χ3v) is 3.91. The zero-order valence-corrected chi connectivity index (χ0v) is 11.1. The first-order chi connectivity index (χ1) is 7.98. The van der Waals surface area contributed by atoms with Crippen molar-refractivity contribution in [1.82, 2.24) is 10.6 Å². The van der Waals surface area contributed by atoms with Crippen LogP contribution in [0.2, 0.25) is 0 Å². The molecular formula is C13H24N2O2. The lowest BCUT2D eigenvalue weighted by atomic mass is 9.92. The van der Waals surface area contributed by atoms with E-state index in [-0.39, 0.29) is 23.5 Å². The van der Waals surface area contributed by atoms with Crippen molar-refractivity contribution in [3.63, 3.8) is 0 Å². The van der Waals surface area contributed by atoms with Gasteiger partial charge in [0.25, 0.3) is 0 Å². The number of nitrogens with one attached hydrogen (secondary N) is 2. The van der Waals surface area contributed by atoms with Crippen LogP contribution in [0.25, 0.3) is 0 Å². The Labute approximate surface area is 103 Å². The van der Waals surface area contributed by atoms with Crippen LogP contribution in [0.15, 0.2) is 0 Å². The summed E-state index contributed by atoms with van der Waals surface area (Å²) in [7, 11) is 0. The molecule has 0 aromatic heterocycles. The lowest BCUT2D eigenvalue weighted by Gasteiger charge is -2.36. The fourth-order valence-corrected chi connectivity index (χ4v) is 2.88. The summed E-state index contributed by atoms with van der Waals surface area (Å²) < 4.78 is 5.66. The van der Waals surface area contributed by atoms with Gasteiger partial charge in [-0.2, -0.15) is 0 Å². The van der Waals surface area contributed by atoms with Gasteiger partial charge in [-0.25, -0.2) is 0 Å². The van der Waals surface area contributed by atoms with Gasteiger partial charge in [-0.05, 0) is 46.6 Å². The van der Waals surface area contributed by atoms with Crippen molar-refractivity contribution < 1.29 is 9.53 Å². The third-order valence-electron chi connectivity index (χ3n) is 3.91. The van der Waals surface area contributed by atoms with Crippen LogP contribution in [0.4, 0.5) is 0 Å². The van der Waals surface area contributed by atoms with Gasteiger partial charge in [0.15, 0.2) is 0 Å². The average molecular weight is 240 g/mol. The molecule has 4 heteroatoms. The highest BCUT2D eigenvalue weighted by molar-refractivity contribution is 5.80. The van der Waals surface area contributed by atoms with E-state index < -0.39 is 0 Å². The Kier molecular flexibility index (Phi) is 3.73. The first kappa shape index (κ1) is 12.8. The highest BCUT2D eigenvalue weighted by Gasteiger charge is 2.34. The van der Waals surface area contributed by atoms with E-state index >= 15 is 0 Å². The molecule has 1 amide bonds. The molecule has 0 radical (unpaired) electrons. The molecule has 2 aliphatic heterocycles. The van der Waals surface area contributed by atoms with Gasteiger partial charge < -0.3 is 15.4 Å². The Morgan fingerprint density at radius 3 is 2.76 bits per heavy atom. The number of hydrogen-bond acceptors (Lipinski definition) is 3. The Balaban J connectivity index is 1.86. The van der Waals surface area contributed by atoms with Crippen molar-refractivity contribution in [2.75, 3.05) is 13.2 Å². The Morgan fingerprint density at radius 1 is 1.41 bits per heavy atom. The van der Waals surface area contributed by atoms with Crippen molar-refractivity contribution in [2.45, 2.75) is 57.7 Å². The Bertz CT molecular complexity index is 291. The molecule has 3 atom stereocenters. The second-order valence-corrected chi connectivity index (χ2v) is 5.94. The molecule has 17 heavy (non-hydrogen) atoms. The van der Waals surface area contributed by atoms with Gasteiger partial charge in [-0.3, -0.25) is 4.79 Å². The number of hydrogen-bond donors (Lipinski definition) is 2. The topological polar surface area (TPSA) is 50.4 Å². The summed E-state index contributed by atoms with van der Waals surface area (Å²) in [5.41, 5.74) is -0.101. The van der Waals surface area contributed by atoms with E-state index in [1.807, 2.05) is 0 Å². The van der Waals surface area contributed by atoms with E-state index in [1.165, 1.54) is 0 Å². The van der Waals surface area contributed by atoms with E-state index in [9.17, 15) is 4.79 Å². The summed E-state index contributed by atoms with van der Waals surface area (Å²) in [4.78, 5) is 12.1. The van der Waals surface area contributed by atoms with Crippen LogP contribution in [0.5, 0.6) is 0 Å². The summed E-state index contributed by atoms with van der Waals surface area (Å²) in [6.45, 7) is 7.97. The van der Waals surface area contributed by atoms with Crippen molar-refractivity contribution in [2.24, 2.45) is 5.92 Å². The third kappa shape index (κ3) is 3.19. The van der Waals surface area contributed by atoms with Crippen LogP contribution in [0, 0.1) is 5.92 Å². The van der Waals surface area contributed by atoms with Crippen molar-refractivity contribution >= 4 is 5.91 Å². The van der Waals surface area contributed by atoms with E-state index in [2.05, 4.69) is 31.4 Å². The first-order valence-electron chi connectivity index (χ1n) is 6.66. The van der Waals surface area contributed by atoms with Crippen LogP contribution in [0.1, 0.15) is 40.0 Å². The van der Waals surface area contributed by atoms with Crippen molar-refractivity contribution in [1.29, 1.82) is 0 Å². The normalized spacial score (nSPS) is 36.8. The van der Waals surface area contributed by atoms with E-state index in [0.717, 1.165) is 32.4 Å². The quantitative estimate of drug-likeness (QED) is 0.759. The van der Waals surface area contributed by atoms with Gasteiger partial charge in [-0.15, -0.1) is 0 Å². The summed E-state index contributed by atoms with van der Waals surface area (Å²) in [6.07, 6.45) is 2.80. The maximum atomic E-state index is 12.1. The van der Waals surface area contributed by atoms with Crippen molar-refractivity contribution in [3.8, 4) is 0 Å². The molecular weight excluding hydrogens is 216 g/mol. The second-order valence-electron chi connectivity index (χ2n) is 5.94. The molecule has 3 unspecified atom stereocenters. The molecule has 2 N–H and O–H groups in total. The summed E-state index contributed by atoms with van der Waals surface area (Å²) >= 11 is 0. The Morgan fingerprint density at radius 2 is 2.18 bits per heavy atom. The van der Waals surface area contributed by atoms with Crippen LogP contribution in [0.3, 0.4) is 0 Å². The minimum Gasteiger partial charge on any atom is -0.375 e. The lowest BCUT2D eigenvalue weighted by molar-refractivity contribution is -0.128. The molecule has 0 aliphatic carbocycles. The molecule has 2 fully saturated rings. The molecule has 0 spiro atoms. The average Bonchev–Trinajstić information content (AvgIpc) is 2.62. The number of ether oxygens (including phenoxy) is 1. The fraction of sp³-hybridized carbons (Fsp3) is 0.923. The van der Waals surface area contributed by atoms with Crippen molar-refractivity contribution in [3.05, 3.63) is 0 Å². The highest BCUT2D eigenvalue weighted by Crippen LogP contribution is 2.24. The van der Waals surface area contributed by atoms with Crippen LogP contribution in [-0.2, 0) is 9.53 Å². The molecule has 0 aromatic carbocycles. The largest absolute Gasteiger partial charge is 0.375 e. The monoisotopic (exact) mass is 240 g/mol. The minimum absolute atomic E-state index is 0.101. The SMILES string of the molecule is CC1NCCC1C(=O)NC1CCOC(C)(C)C1. The maximum Gasteiger partial charge on any atom is 0.224 e.